The van der Waals surface area contributed by atoms with Crippen LogP contribution in [0, 0.1) is 0 Å². The maximum Gasteiger partial charge on any atom is 0.127 e. The van der Waals surface area contributed by atoms with E-state index in [0.29, 0.717) is 41.3 Å². The summed E-state index contributed by atoms with van der Waals surface area (Å²) in [6.07, 6.45) is 1.29. The Labute approximate surface area is 208 Å². The van der Waals surface area contributed by atoms with Gasteiger partial charge in [0.2, 0.25) is 0 Å². The number of hydrogen-bond donors (Lipinski definition) is 5. The first kappa shape index (κ1) is 23.1. The fraction of sp³-hybridized carbons (Fsp3) is 0.0968. The Morgan fingerprint density at radius 2 is 0.861 bits per heavy atom. The molecule has 0 fully saturated rings. The van der Waals surface area contributed by atoms with Gasteiger partial charge in [-0.05, 0) is 75.7 Å². The van der Waals surface area contributed by atoms with Gasteiger partial charge >= 0.3 is 0 Å². The quantitative estimate of drug-likeness (QED) is 0.202. The second kappa shape index (κ2) is 9.55. The third-order valence-corrected chi connectivity index (χ3v) is 6.49. The summed E-state index contributed by atoms with van der Waals surface area (Å²) >= 11 is 0. The maximum atomic E-state index is 11.4. The van der Waals surface area contributed by atoms with Gasteiger partial charge in [0.15, 0.2) is 0 Å². The van der Waals surface area contributed by atoms with E-state index in [9.17, 15) is 25.5 Å². The van der Waals surface area contributed by atoms with E-state index in [0.717, 1.165) is 22.1 Å². The highest BCUT2D eigenvalue weighted by Crippen LogP contribution is 2.41. The van der Waals surface area contributed by atoms with Gasteiger partial charge in [-0.25, -0.2) is 0 Å². The number of benzene rings is 5. The molecule has 5 aromatic carbocycles. The van der Waals surface area contributed by atoms with Crippen LogP contribution in [0.4, 0.5) is 0 Å². The van der Waals surface area contributed by atoms with Gasteiger partial charge in [0.25, 0.3) is 0 Å². The van der Waals surface area contributed by atoms with Gasteiger partial charge in [0, 0.05) is 30.2 Å². The number of phenolic OH excluding ortho intramolecular Hbond substituents is 5. The van der Waals surface area contributed by atoms with E-state index in [1.165, 1.54) is 0 Å². The van der Waals surface area contributed by atoms with Gasteiger partial charge in [0.1, 0.15) is 28.7 Å². The zero-order valence-corrected chi connectivity index (χ0v) is 19.5. The summed E-state index contributed by atoms with van der Waals surface area (Å²) in [4.78, 5) is 0. The Bertz CT molecular complexity index is 1520. The lowest BCUT2D eigenvalue weighted by molar-refractivity contribution is 0.460. The van der Waals surface area contributed by atoms with Crippen molar-refractivity contribution in [1.82, 2.24) is 0 Å². The van der Waals surface area contributed by atoms with E-state index in [2.05, 4.69) is 0 Å². The standard InChI is InChI=1S/C31H26O5/c32-25-9-1-19(2-10-25)15-23-8-7-22-18-24(16-20-3-11-26(33)12-4-20)30(35)28(29(22)31(23)36)17-21-5-13-27(34)14-6-21/h1-14,18,32-36H,15-17H2. The third kappa shape index (κ3) is 4.77. The molecule has 5 aromatic rings. The molecule has 0 bridgehead atoms. The predicted octanol–water partition coefficient (Wildman–Crippen LogP) is 6.14. The fourth-order valence-electron chi connectivity index (χ4n) is 4.59. The highest BCUT2D eigenvalue weighted by atomic mass is 16.3. The van der Waals surface area contributed by atoms with Crippen molar-refractivity contribution < 1.29 is 25.5 Å². The van der Waals surface area contributed by atoms with E-state index in [4.69, 9.17) is 0 Å². The van der Waals surface area contributed by atoms with E-state index in [1.807, 2.05) is 42.5 Å². The van der Waals surface area contributed by atoms with Crippen LogP contribution in [0.5, 0.6) is 28.7 Å². The Balaban J connectivity index is 1.63. The van der Waals surface area contributed by atoms with E-state index in [-0.39, 0.29) is 28.7 Å². The highest BCUT2D eigenvalue weighted by molar-refractivity contribution is 5.95. The smallest absolute Gasteiger partial charge is 0.127 e. The summed E-state index contributed by atoms with van der Waals surface area (Å²) in [5.74, 6) is 0.749. The van der Waals surface area contributed by atoms with Crippen LogP contribution >= 0.6 is 0 Å². The Morgan fingerprint density at radius 1 is 0.417 bits per heavy atom. The number of fused-ring (bicyclic) bond motifs is 1. The molecule has 0 radical (unpaired) electrons. The summed E-state index contributed by atoms with van der Waals surface area (Å²) in [5, 5.41) is 53.1. The van der Waals surface area contributed by atoms with Crippen LogP contribution in [-0.4, -0.2) is 25.5 Å². The molecule has 5 nitrogen and oxygen atoms in total. The number of hydrogen-bond acceptors (Lipinski definition) is 5. The molecule has 0 saturated heterocycles. The molecule has 0 atom stereocenters. The average molecular weight is 479 g/mol. The van der Waals surface area contributed by atoms with Crippen LogP contribution in [0.15, 0.2) is 91.0 Å². The largest absolute Gasteiger partial charge is 0.508 e. The molecule has 5 heteroatoms. The van der Waals surface area contributed by atoms with Crippen molar-refractivity contribution in [2.75, 3.05) is 0 Å². The van der Waals surface area contributed by atoms with Crippen molar-refractivity contribution in [3.8, 4) is 28.7 Å². The van der Waals surface area contributed by atoms with Gasteiger partial charge in [-0.1, -0.05) is 48.5 Å². The Hall–Kier alpha value is -4.64. The molecule has 0 aliphatic heterocycles. The van der Waals surface area contributed by atoms with Crippen LogP contribution in [0.25, 0.3) is 10.8 Å². The molecular formula is C31H26O5. The van der Waals surface area contributed by atoms with Crippen molar-refractivity contribution in [2.24, 2.45) is 0 Å². The molecule has 0 amide bonds. The average Bonchev–Trinajstić information content (AvgIpc) is 2.87. The van der Waals surface area contributed by atoms with Crippen molar-refractivity contribution >= 4 is 10.8 Å². The van der Waals surface area contributed by atoms with Gasteiger partial charge in [-0.15, -0.1) is 0 Å². The molecule has 36 heavy (non-hydrogen) atoms. The minimum atomic E-state index is 0.112. The summed E-state index contributed by atoms with van der Waals surface area (Å²) in [5.41, 5.74) is 4.80. The topological polar surface area (TPSA) is 101 Å². The molecule has 5 N–H and O–H groups in total. The van der Waals surface area contributed by atoms with Gasteiger partial charge in [-0.3, -0.25) is 0 Å². The second-order valence-corrected chi connectivity index (χ2v) is 9.06. The van der Waals surface area contributed by atoms with Crippen molar-refractivity contribution in [3.63, 3.8) is 0 Å². The highest BCUT2D eigenvalue weighted by Gasteiger charge is 2.19. The van der Waals surface area contributed by atoms with Crippen LogP contribution in [-0.2, 0) is 19.3 Å². The summed E-state index contributed by atoms with van der Waals surface area (Å²) < 4.78 is 0. The maximum absolute atomic E-state index is 11.4. The molecule has 0 spiro atoms. The van der Waals surface area contributed by atoms with E-state index < -0.39 is 0 Å². The molecular weight excluding hydrogens is 452 g/mol. The first-order chi connectivity index (χ1) is 17.4. The van der Waals surface area contributed by atoms with Crippen molar-refractivity contribution in [1.29, 1.82) is 0 Å². The normalized spacial score (nSPS) is 11.1. The zero-order valence-electron chi connectivity index (χ0n) is 19.5. The van der Waals surface area contributed by atoms with Gasteiger partial charge in [-0.2, -0.15) is 0 Å². The third-order valence-electron chi connectivity index (χ3n) is 6.49. The van der Waals surface area contributed by atoms with E-state index in [1.54, 1.807) is 48.5 Å². The Morgan fingerprint density at radius 3 is 1.36 bits per heavy atom. The monoisotopic (exact) mass is 478 g/mol. The number of phenols is 5. The summed E-state index contributed by atoms with van der Waals surface area (Å²) in [6, 6.07) is 26.2. The van der Waals surface area contributed by atoms with Crippen LogP contribution in [0.1, 0.15) is 33.4 Å². The van der Waals surface area contributed by atoms with E-state index >= 15 is 0 Å². The number of aromatic hydroxyl groups is 5. The lowest BCUT2D eigenvalue weighted by atomic mass is 9.89. The molecule has 5 rings (SSSR count). The van der Waals surface area contributed by atoms with Crippen molar-refractivity contribution in [3.05, 3.63) is 124 Å². The van der Waals surface area contributed by atoms with Gasteiger partial charge in [0.05, 0.1) is 0 Å². The molecule has 0 aliphatic rings. The van der Waals surface area contributed by atoms with Crippen molar-refractivity contribution in [2.45, 2.75) is 19.3 Å². The fourth-order valence-corrected chi connectivity index (χ4v) is 4.59. The SMILES string of the molecule is Oc1ccc(Cc2cc3ccc(Cc4ccc(O)cc4)c(O)c3c(Cc3ccc(O)cc3)c2O)cc1. The number of rotatable bonds is 6. The lowest BCUT2D eigenvalue weighted by Gasteiger charge is -2.17. The zero-order chi connectivity index (χ0) is 25.2. The Kier molecular flexibility index (Phi) is 6.13. The summed E-state index contributed by atoms with van der Waals surface area (Å²) in [7, 11) is 0. The molecule has 0 aliphatic carbocycles. The first-order valence-corrected chi connectivity index (χ1v) is 11.7. The van der Waals surface area contributed by atoms with Crippen LogP contribution in [0.2, 0.25) is 0 Å². The van der Waals surface area contributed by atoms with Crippen LogP contribution < -0.4 is 0 Å². The lowest BCUT2D eigenvalue weighted by Crippen LogP contribution is -1.99. The molecule has 0 heterocycles. The second-order valence-electron chi connectivity index (χ2n) is 9.06. The molecule has 0 unspecified atom stereocenters. The molecule has 180 valence electrons. The predicted molar refractivity (Wildman–Crippen MR) is 140 cm³/mol. The molecule has 0 saturated carbocycles. The minimum absolute atomic E-state index is 0.112. The first-order valence-electron chi connectivity index (χ1n) is 11.7. The minimum Gasteiger partial charge on any atom is -0.508 e. The van der Waals surface area contributed by atoms with Crippen LogP contribution in [0.3, 0.4) is 0 Å². The molecule has 0 aromatic heterocycles. The van der Waals surface area contributed by atoms with Gasteiger partial charge < -0.3 is 25.5 Å². The summed E-state index contributed by atoms with van der Waals surface area (Å²) in [6.45, 7) is 0.